The monoisotopic (exact) mass is 381 g/mol. The average molecular weight is 382 g/mol. The molecule has 1 atom stereocenters. The Bertz CT molecular complexity index is 779. The van der Waals surface area contributed by atoms with Crippen LogP contribution >= 0.6 is 23.2 Å². The molecule has 2 heterocycles. The predicted molar refractivity (Wildman–Crippen MR) is 99.2 cm³/mol. The van der Waals surface area contributed by atoms with Crippen LogP contribution in [-0.2, 0) is 11.3 Å². The summed E-state index contributed by atoms with van der Waals surface area (Å²) in [6.45, 7) is 5.52. The number of carbonyl (C=O) groups excluding carboxylic acids is 1. The van der Waals surface area contributed by atoms with Crippen LogP contribution in [0.4, 0.5) is 0 Å². The van der Waals surface area contributed by atoms with Gasteiger partial charge in [-0.3, -0.25) is 4.79 Å². The topological polar surface area (TPSA) is 40.5 Å². The maximum Gasteiger partial charge on any atom is 0.202 e. The van der Waals surface area contributed by atoms with Gasteiger partial charge in [-0.2, -0.15) is 0 Å². The second kappa shape index (κ2) is 7.81. The van der Waals surface area contributed by atoms with Crippen LogP contribution in [0.15, 0.2) is 24.3 Å². The maximum absolute atomic E-state index is 12.6. The fourth-order valence-corrected chi connectivity index (χ4v) is 3.63. The molecular formula is C19H21Cl2NO3. The minimum atomic E-state index is -0.0716. The first-order chi connectivity index (χ1) is 12.0. The van der Waals surface area contributed by atoms with E-state index in [4.69, 9.17) is 32.7 Å². The first kappa shape index (κ1) is 18.3. The molecule has 0 radical (unpaired) electrons. The Labute approximate surface area is 157 Å². The van der Waals surface area contributed by atoms with Gasteiger partial charge in [0.1, 0.15) is 5.75 Å². The second-order valence-corrected chi connectivity index (χ2v) is 7.16. The zero-order valence-electron chi connectivity index (χ0n) is 14.4. The summed E-state index contributed by atoms with van der Waals surface area (Å²) in [5, 5.41) is 0.922. The van der Waals surface area contributed by atoms with Crippen molar-refractivity contribution < 1.29 is 14.3 Å². The molecule has 1 aromatic carbocycles. The van der Waals surface area contributed by atoms with Gasteiger partial charge < -0.3 is 14.0 Å². The molecule has 3 rings (SSSR count). The van der Waals surface area contributed by atoms with Crippen molar-refractivity contribution in [2.45, 2.75) is 39.3 Å². The summed E-state index contributed by atoms with van der Waals surface area (Å²) in [7, 11) is 0. The number of Topliss-reactive ketones (excluding diaryl/α,β-unsaturated/α-hetero) is 1. The van der Waals surface area contributed by atoms with Crippen LogP contribution in [0.2, 0.25) is 10.0 Å². The quantitative estimate of drug-likeness (QED) is 0.671. The Balaban J connectivity index is 1.69. The summed E-state index contributed by atoms with van der Waals surface area (Å²) in [6, 6.07) is 6.86. The van der Waals surface area contributed by atoms with Gasteiger partial charge in [-0.15, -0.1) is 0 Å². The van der Waals surface area contributed by atoms with E-state index in [0.717, 1.165) is 37.4 Å². The van der Waals surface area contributed by atoms with Crippen LogP contribution in [0.5, 0.6) is 5.75 Å². The van der Waals surface area contributed by atoms with Gasteiger partial charge in [0.25, 0.3) is 0 Å². The van der Waals surface area contributed by atoms with Crippen molar-refractivity contribution in [1.29, 1.82) is 0 Å². The summed E-state index contributed by atoms with van der Waals surface area (Å²) in [5.74, 6) is 0.380. The van der Waals surface area contributed by atoms with Crippen LogP contribution in [0.3, 0.4) is 0 Å². The summed E-state index contributed by atoms with van der Waals surface area (Å²) in [5.41, 5.74) is 2.69. The van der Waals surface area contributed by atoms with Gasteiger partial charge in [-0.25, -0.2) is 0 Å². The molecular weight excluding hydrogens is 361 g/mol. The zero-order valence-corrected chi connectivity index (χ0v) is 15.9. The average Bonchev–Trinajstić information content (AvgIpc) is 3.17. The summed E-state index contributed by atoms with van der Waals surface area (Å²) < 4.78 is 13.4. The molecule has 0 bridgehead atoms. The molecule has 25 heavy (non-hydrogen) atoms. The molecule has 6 heteroatoms. The van der Waals surface area contributed by atoms with E-state index in [1.54, 1.807) is 18.2 Å². The minimum absolute atomic E-state index is 0.0639. The van der Waals surface area contributed by atoms with Gasteiger partial charge in [-0.05, 0) is 51.0 Å². The first-order valence-electron chi connectivity index (χ1n) is 8.35. The molecule has 0 saturated carbocycles. The lowest BCUT2D eigenvalue weighted by Crippen LogP contribution is -2.18. The Morgan fingerprint density at radius 3 is 2.80 bits per heavy atom. The van der Waals surface area contributed by atoms with Gasteiger partial charge >= 0.3 is 0 Å². The van der Waals surface area contributed by atoms with Crippen LogP contribution in [0, 0.1) is 13.8 Å². The molecule has 1 saturated heterocycles. The van der Waals surface area contributed by atoms with Gasteiger partial charge in [-0.1, -0.05) is 23.2 Å². The highest BCUT2D eigenvalue weighted by molar-refractivity contribution is 6.35. The van der Waals surface area contributed by atoms with E-state index >= 15 is 0 Å². The number of hydrogen-bond acceptors (Lipinski definition) is 3. The second-order valence-electron chi connectivity index (χ2n) is 6.32. The van der Waals surface area contributed by atoms with Crippen molar-refractivity contribution in [2.24, 2.45) is 0 Å². The standard InChI is InChI=1S/C19H21Cl2NO3/c1-12-8-16(13(2)22(12)10-15-4-3-7-24-15)18(23)11-25-19-6-5-14(20)9-17(19)21/h5-6,8-9,15H,3-4,7,10-11H2,1-2H3/t15-/m0/s1. The molecule has 0 spiro atoms. The van der Waals surface area contributed by atoms with Crippen molar-refractivity contribution in [3.05, 3.63) is 51.3 Å². The van der Waals surface area contributed by atoms with Crippen molar-refractivity contribution >= 4 is 29.0 Å². The van der Waals surface area contributed by atoms with Crippen LogP contribution in [0.25, 0.3) is 0 Å². The molecule has 1 fully saturated rings. The van der Waals surface area contributed by atoms with Crippen LogP contribution in [-0.4, -0.2) is 29.7 Å². The molecule has 2 aromatic rings. The molecule has 1 aliphatic rings. The maximum atomic E-state index is 12.6. The number of halogens is 2. The first-order valence-corrected chi connectivity index (χ1v) is 9.10. The molecule has 134 valence electrons. The van der Waals surface area contributed by atoms with Gasteiger partial charge in [0.05, 0.1) is 11.1 Å². The Kier molecular flexibility index (Phi) is 5.72. The minimum Gasteiger partial charge on any atom is -0.484 e. The number of ketones is 1. The molecule has 0 unspecified atom stereocenters. The Morgan fingerprint density at radius 1 is 1.32 bits per heavy atom. The van der Waals surface area contributed by atoms with E-state index in [9.17, 15) is 4.79 Å². The van der Waals surface area contributed by atoms with Crippen molar-refractivity contribution in [1.82, 2.24) is 4.57 Å². The van der Waals surface area contributed by atoms with Crippen LogP contribution in [0.1, 0.15) is 34.6 Å². The molecule has 4 nitrogen and oxygen atoms in total. The summed E-state index contributed by atoms with van der Waals surface area (Å²) >= 11 is 11.9. The van der Waals surface area contributed by atoms with E-state index in [1.165, 1.54) is 0 Å². The third-order valence-corrected chi connectivity index (χ3v) is 5.07. The largest absolute Gasteiger partial charge is 0.484 e. The van der Waals surface area contributed by atoms with Crippen molar-refractivity contribution in [3.8, 4) is 5.75 Å². The van der Waals surface area contributed by atoms with Crippen LogP contribution < -0.4 is 4.74 Å². The van der Waals surface area contributed by atoms with E-state index in [2.05, 4.69) is 4.57 Å². The summed E-state index contributed by atoms with van der Waals surface area (Å²) in [6.07, 6.45) is 2.40. The number of carbonyl (C=O) groups is 1. The summed E-state index contributed by atoms with van der Waals surface area (Å²) in [4.78, 5) is 12.6. The zero-order chi connectivity index (χ0) is 18.0. The fraction of sp³-hybridized carbons (Fsp3) is 0.421. The van der Waals surface area contributed by atoms with Crippen molar-refractivity contribution in [3.63, 3.8) is 0 Å². The molecule has 0 aliphatic carbocycles. The molecule has 0 N–H and O–H groups in total. The SMILES string of the molecule is Cc1cc(C(=O)COc2ccc(Cl)cc2Cl)c(C)n1C[C@@H]1CCCO1. The number of nitrogens with zero attached hydrogens (tertiary/aromatic N) is 1. The van der Waals surface area contributed by atoms with Crippen molar-refractivity contribution in [2.75, 3.05) is 13.2 Å². The number of aromatic nitrogens is 1. The lowest BCUT2D eigenvalue weighted by molar-refractivity contribution is 0.0914. The van der Waals surface area contributed by atoms with E-state index in [1.807, 2.05) is 19.9 Å². The normalized spacial score (nSPS) is 17.0. The van der Waals surface area contributed by atoms with Gasteiger partial charge in [0, 0.05) is 35.1 Å². The highest BCUT2D eigenvalue weighted by atomic mass is 35.5. The van der Waals surface area contributed by atoms with E-state index in [0.29, 0.717) is 21.4 Å². The number of rotatable bonds is 6. The Hall–Kier alpha value is -1.49. The lowest BCUT2D eigenvalue weighted by atomic mass is 10.1. The lowest BCUT2D eigenvalue weighted by Gasteiger charge is -2.15. The number of hydrogen-bond donors (Lipinski definition) is 0. The highest BCUT2D eigenvalue weighted by Gasteiger charge is 2.21. The highest BCUT2D eigenvalue weighted by Crippen LogP contribution is 2.28. The third kappa shape index (κ3) is 4.20. The molecule has 0 amide bonds. The fourth-order valence-electron chi connectivity index (χ4n) is 3.17. The van der Waals surface area contributed by atoms with E-state index < -0.39 is 0 Å². The van der Waals surface area contributed by atoms with Gasteiger partial charge in [0.15, 0.2) is 6.61 Å². The van der Waals surface area contributed by atoms with E-state index in [-0.39, 0.29) is 18.5 Å². The Morgan fingerprint density at radius 2 is 2.12 bits per heavy atom. The molecule has 1 aromatic heterocycles. The molecule has 1 aliphatic heterocycles. The number of benzene rings is 1. The third-order valence-electron chi connectivity index (χ3n) is 4.54. The number of ether oxygens (including phenoxy) is 2. The van der Waals surface area contributed by atoms with Gasteiger partial charge in [0.2, 0.25) is 5.78 Å². The smallest absolute Gasteiger partial charge is 0.202 e. The number of aryl methyl sites for hydroxylation is 1. The predicted octanol–water partition coefficient (Wildman–Crippen LogP) is 4.85.